The number of aliphatic imine (C=N–C) groups is 1. The zero-order valence-corrected chi connectivity index (χ0v) is 21.1. The molecule has 170 valence electrons. The summed E-state index contributed by atoms with van der Waals surface area (Å²) in [6.45, 7) is 7.98. The van der Waals surface area contributed by atoms with Crippen LogP contribution in [0.1, 0.15) is 38.8 Å². The van der Waals surface area contributed by atoms with E-state index in [9.17, 15) is 9.18 Å². The average molecular weight is 521 g/mol. The predicted molar refractivity (Wildman–Crippen MR) is 132 cm³/mol. The molecule has 0 aromatic heterocycles. The van der Waals surface area contributed by atoms with Gasteiger partial charge in [0.05, 0.1) is 12.0 Å². The summed E-state index contributed by atoms with van der Waals surface area (Å²) in [7, 11) is 1.54. The van der Waals surface area contributed by atoms with Crippen molar-refractivity contribution in [1.82, 2.24) is 4.90 Å². The first-order valence-corrected chi connectivity index (χ1v) is 11.9. The number of carbonyl (C=O) groups excluding carboxylic acids is 1. The summed E-state index contributed by atoms with van der Waals surface area (Å²) in [6.07, 6.45) is 1.82. The molecule has 0 N–H and O–H groups in total. The van der Waals surface area contributed by atoms with Gasteiger partial charge in [0.25, 0.3) is 5.91 Å². The molecule has 1 saturated heterocycles. The lowest BCUT2D eigenvalue weighted by Crippen LogP contribution is -2.35. The fourth-order valence-electron chi connectivity index (χ4n) is 3.10. The third-order valence-electron chi connectivity index (χ3n) is 4.63. The van der Waals surface area contributed by atoms with Gasteiger partial charge in [0.15, 0.2) is 16.7 Å². The molecule has 0 unspecified atom stereocenters. The summed E-state index contributed by atoms with van der Waals surface area (Å²) in [5, 5.41) is 0.708. The van der Waals surface area contributed by atoms with Crippen LogP contribution in [-0.2, 0) is 11.4 Å². The first-order valence-electron chi connectivity index (χ1n) is 10.3. The molecule has 1 amide bonds. The third-order valence-corrected chi connectivity index (χ3v) is 6.32. The molecule has 1 aliphatic rings. The molecule has 1 fully saturated rings. The van der Waals surface area contributed by atoms with Gasteiger partial charge in [-0.2, -0.15) is 0 Å². The lowest BCUT2D eigenvalue weighted by Gasteiger charge is -2.20. The van der Waals surface area contributed by atoms with Gasteiger partial charge in [-0.3, -0.25) is 14.7 Å². The first-order chi connectivity index (χ1) is 15.2. The molecule has 1 heterocycles. The molecule has 0 atom stereocenters. The SMILES string of the molecule is COc1cc(/C=C2/SC(=NC(C)C)N(C(C)C)C2=O)c(Br)cc1OCc1ccccc1F. The second kappa shape index (κ2) is 10.5. The Kier molecular flexibility index (Phi) is 8.00. The summed E-state index contributed by atoms with van der Waals surface area (Å²) in [6, 6.07) is 10.1. The van der Waals surface area contributed by atoms with E-state index < -0.39 is 0 Å². The van der Waals surface area contributed by atoms with E-state index in [-0.39, 0.29) is 30.4 Å². The fourth-order valence-corrected chi connectivity index (χ4v) is 4.76. The van der Waals surface area contributed by atoms with Crippen molar-refractivity contribution in [3.8, 4) is 11.5 Å². The van der Waals surface area contributed by atoms with E-state index in [2.05, 4.69) is 20.9 Å². The van der Waals surface area contributed by atoms with Crippen molar-refractivity contribution in [2.45, 2.75) is 46.4 Å². The fraction of sp³-hybridized carbons (Fsp3) is 0.333. The van der Waals surface area contributed by atoms with E-state index >= 15 is 0 Å². The van der Waals surface area contributed by atoms with Crippen LogP contribution in [-0.4, -0.2) is 35.2 Å². The smallest absolute Gasteiger partial charge is 0.266 e. The lowest BCUT2D eigenvalue weighted by molar-refractivity contribution is -0.123. The van der Waals surface area contributed by atoms with Gasteiger partial charge >= 0.3 is 0 Å². The highest BCUT2D eigenvalue weighted by Crippen LogP contribution is 2.39. The zero-order chi connectivity index (χ0) is 23.4. The van der Waals surface area contributed by atoms with Crippen molar-refractivity contribution >= 4 is 44.8 Å². The Morgan fingerprint density at radius 3 is 2.53 bits per heavy atom. The zero-order valence-electron chi connectivity index (χ0n) is 18.7. The van der Waals surface area contributed by atoms with E-state index in [0.717, 1.165) is 10.0 Å². The molecule has 3 rings (SSSR count). The molecule has 0 radical (unpaired) electrons. The van der Waals surface area contributed by atoms with Gasteiger partial charge in [-0.05, 0) is 69.3 Å². The minimum atomic E-state index is -0.322. The van der Waals surface area contributed by atoms with Gasteiger partial charge in [-0.1, -0.05) is 34.1 Å². The van der Waals surface area contributed by atoms with Gasteiger partial charge in [0.1, 0.15) is 12.4 Å². The van der Waals surface area contributed by atoms with E-state index in [1.165, 1.54) is 17.8 Å². The van der Waals surface area contributed by atoms with Crippen LogP contribution in [0.2, 0.25) is 0 Å². The molecule has 0 spiro atoms. The molecule has 2 aromatic carbocycles. The van der Waals surface area contributed by atoms with Gasteiger partial charge in [-0.15, -0.1) is 0 Å². The molecule has 8 heteroatoms. The Bertz CT molecular complexity index is 1070. The van der Waals surface area contributed by atoms with E-state index in [1.54, 1.807) is 42.3 Å². The Labute approximate surface area is 200 Å². The van der Waals surface area contributed by atoms with Crippen LogP contribution in [0.15, 0.2) is 50.8 Å². The second-order valence-electron chi connectivity index (χ2n) is 7.79. The maximum Gasteiger partial charge on any atom is 0.266 e. The lowest BCUT2D eigenvalue weighted by atomic mass is 10.1. The maximum absolute atomic E-state index is 13.9. The van der Waals surface area contributed by atoms with E-state index in [4.69, 9.17) is 9.47 Å². The quantitative estimate of drug-likeness (QED) is 0.404. The van der Waals surface area contributed by atoms with Crippen molar-refractivity contribution in [3.63, 3.8) is 0 Å². The van der Waals surface area contributed by atoms with E-state index in [1.807, 2.05) is 33.8 Å². The van der Waals surface area contributed by atoms with Crippen LogP contribution >= 0.6 is 27.7 Å². The molecule has 5 nitrogen and oxygen atoms in total. The van der Waals surface area contributed by atoms with Gasteiger partial charge in [-0.25, -0.2) is 4.39 Å². The standard InChI is InChI=1S/C24H26BrFN2O3S/c1-14(2)27-24-28(15(3)4)23(29)22(32-24)11-17-10-20(30-5)21(12-18(17)25)31-13-16-8-6-7-9-19(16)26/h6-12,14-15H,13H2,1-5H3/b22-11+,27-24?. The summed E-state index contributed by atoms with van der Waals surface area (Å²) in [5.74, 6) is 0.567. The first kappa shape index (κ1) is 24.3. The number of amidine groups is 1. The summed E-state index contributed by atoms with van der Waals surface area (Å²) < 4.78 is 25.9. The van der Waals surface area contributed by atoms with Crippen molar-refractivity contribution in [2.75, 3.05) is 7.11 Å². The van der Waals surface area contributed by atoms with Crippen LogP contribution in [0.3, 0.4) is 0 Å². The predicted octanol–water partition coefficient (Wildman–Crippen LogP) is 6.26. The van der Waals surface area contributed by atoms with Crippen molar-refractivity contribution < 1.29 is 18.7 Å². The Hall–Kier alpha value is -2.32. The number of hydrogen-bond acceptors (Lipinski definition) is 5. The highest BCUT2D eigenvalue weighted by atomic mass is 79.9. The largest absolute Gasteiger partial charge is 0.493 e. The van der Waals surface area contributed by atoms with E-state index in [0.29, 0.717) is 27.1 Å². The van der Waals surface area contributed by atoms with Crippen molar-refractivity contribution in [1.29, 1.82) is 0 Å². The summed E-state index contributed by atoms with van der Waals surface area (Å²) >= 11 is 4.93. The topological polar surface area (TPSA) is 51.1 Å². The minimum Gasteiger partial charge on any atom is -0.493 e. The normalized spacial score (nSPS) is 16.7. The second-order valence-corrected chi connectivity index (χ2v) is 9.65. The van der Waals surface area contributed by atoms with Gasteiger partial charge < -0.3 is 9.47 Å². The van der Waals surface area contributed by atoms with Crippen LogP contribution in [0.4, 0.5) is 4.39 Å². The number of nitrogens with zero attached hydrogens (tertiary/aromatic N) is 2. The number of amides is 1. The van der Waals surface area contributed by atoms with Crippen molar-refractivity contribution in [2.24, 2.45) is 4.99 Å². The molecule has 1 aliphatic heterocycles. The van der Waals surface area contributed by atoms with Crippen molar-refractivity contribution in [3.05, 3.63) is 62.7 Å². The maximum atomic E-state index is 13.9. The number of rotatable bonds is 7. The third kappa shape index (κ3) is 5.53. The number of methoxy groups -OCH3 is 1. The molecule has 0 bridgehead atoms. The molecule has 2 aromatic rings. The van der Waals surface area contributed by atoms with Crippen LogP contribution < -0.4 is 9.47 Å². The number of ether oxygens (including phenoxy) is 2. The summed E-state index contributed by atoms with van der Waals surface area (Å²) in [4.78, 5) is 19.9. The van der Waals surface area contributed by atoms with Crippen LogP contribution in [0, 0.1) is 5.82 Å². The number of carbonyl (C=O) groups is 1. The molecule has 32 heavy (non-hydrogen) atoms. The molecular weight excluding hydrogens is 495 g/mol. The monoisotopic (exact) mass is 520 g/mol. The molecule has 0 aliphatic carbocycles. The highest BCUT2D eigenvalue weighted by molar-refractivity contribution is 9.10. The average Bonchev–Trinajstić information content (AvgIpc) is 3.03. The molecular formula is C24H26BrFN2O3S. The number of halogens is 2. The summed E-state index contributed by atoms with van der Waals surface area (Å²) in [5.41, 5.74) is 1.22. The Balaban J connectivity index is 1.89. The van der Waals surface area contributed by atoms with Gasteiger partial charge in [0.2, 0.25) is 0 Å². The van der Waals surface area contributed by atoms with Gasteiger partial charge in [0, 0.05) is 22.1 Å². The molecule has 0 saturated carbocycles. The van der Waals surface area contributed by atoms with Crippen LogP contribution in [0.25, 0.3) is 6.08 Å². The number of thioether (sulfide) groups is 1. The highest BCUT2D eigenvalue weighted by Gasteiger charge is 2.35. The van der Waals surface area contributed by atoms with Crippen LogP contribution in [0.5, 0.6) is 11.5 Å². The minimum absolute atomic E-state index is 0.00512. The number of benzene rings is 2. The number of hydrogen-bond donors (Lipinski definition) is 0. The Morgan fingerprint density at radius 1 is 1.19 bits per heavy atom. The Morgan fingerprint density at radius 2 is 1.91 bits per heavy atom.